The average molecular weight is 257 g/mol. The normalized spacial score (nSPS) is 11.8. The Morgan fingerprint density at radius 1 is 1.11 bits per heavy atom. The second-order valence-electron chi connectivity index (χ2n) is 4.28. The van der Waals surface area contributed by atoms with E-state index in [0.717, 1.165) is 10.8 Å². The molecule has 3 amide bonds. The van der Waals surface area contributed by atoms with Crippen LogP contribution >= 0.6 is 0 Å². The SMILES string of the molecule is CC(NC(N)=O)C(=O)Nc1ccc2ccccc2c1. The molecule has 5 heteroatoms. The first kappa shape index (κ1) is 12.9. The zero-order chi connectivity index (χ0) is 13.8. The van der Waals surface area contributed by atoms with Gasteiger partial charge in [0.1, 0.15) is 6.04 Å². The van der Waals surface area contributed by atoms with Gasteiger partial charge in [-0.05, 0) is 29.8 Å². The summed E-state index contributed by atoms with van der Waals surface area (Å²) in [6.45, 7) is 1.57. The van der Waals surface area contributed by atoms with Crippen molar-refractivity contribution in [3.05, 3.63) is 42.5 Å². The number of fused-ring (bicyclic) bond motifs is 1. The maximum atomic E-state index is 11.8. The predicted octanol–water partition coefficient (Wildman–Crippen LogP) is 1.84. The van der Waals surface area contributed by atoms with Crippen LogP contribution in [-0.2, 0) is 4.79 Å². The molecule has 98 valence electrons. The molecule has 19 heavy (non-hydrogen) atoms. The molecule has 0 aliphatic rings. The van der Waals surface area contributed by atoms with E-state index in [1.807, 2.05) is 42.5 Å². The number of amides is 3. The number of benzene rings is 2. The Morgan fingerprint density at radius 3 is 2.47 bits per heavy atom. The summed E-state index contributed by atoms with van der Waals surface area (Å²) in [5, 5.41) is 7.20. The van der Waals surface area contributed by atoms with Crippen LogP contribution in [0.25, 0.3) is 10.8 Å². The molecule has 0 aromatic heterocycles. The van der Waals surface area contributed by atoms with Crippen LogP contribution in [0.5, 0.6) is 0 Å². The minimum Gasteiger partial charge on any atom is -0.352 e. The largest absolute Gasteiger partial charge is 0.352 e. The molecule has 0 spiro atoms. The highest BCUT2D eigenvalue weighted by molar-refractivity contribution is 5.98. The van der Waals surface area contributed by atoms with Gasteiger partial charge in [0.15, 0.2) is 0 Å². The van der Waals surface area contributed by atoms with E-state index in [1.54, 1.807) is 6.92 Å². The van der Waals surface area contributed by atoms with Crippen molar-refractivity contribution in [3.63, 3.8) is 0 Å². The molecule has 0 bridgehead atoms. The lowest BCUT2D eigenvalue weighted by Crippen LogP contribution is -2.44. The van der Waals surface area contributed by atoms with E-state index in [0.29, 0.717) is 5.69 Å². The lowest BCUT2D eigenvalue weighted by atomic mass is 10.1. The fraction of sp³-hybridized carbons (Fsp3) is 0.143. The summed E-state index contributed by atoms with van der Waals surface area (Å²) in [6.07, 6.45) is 0. The fourth-order valence-electron chi connectivity index (χ4n) is 1.80. The summed E-state index contributed by atoms with van der Waals surface area (Å²) in [5.74, 6) is -0.311. The van der Waals surface area contributed by atoms with Crippen molar-refractivity contribution in [2.45, 2.75) is 13.0 Å². The summed E-state index contributed by atoms with van der Waals surface area (Å²) in [4.78, 5) is 22.5. The molecular weight excluding hydrogens is 242 g/mol. The summed E-state index contributed by atoms with van der Waals surface area (Å²) in [7, 11) is 0. The molecular formula is C14H15N3O2. The van der Waals surface area contributed by atoms with E-state index in [9.17, 15) is 9.59 Å². The van der Waals surface area contributed by atoms with Gasteiger partial charge < -0.3 is 16.4 Å². The molecule has 0 heterocycles. The Kier molecular flexibility index (Phi) is 3.66. The van der Waals surface area contributed by atoms with Crippen molar-refractivity contribution in [1.29, 1.82) is 0 Å². The number of urea groups is 1. The van der Waals surface area contributed by atoms with Gasteiger partial charge in [-0.25, -0.2) is 4.79 Å². The van der Waals surface area contributed by atoms with E-state index in [2.05, 4.69) is 10.6 Å². The Labute approximate surface area is 110 Å². The Morgan fingerprint density at radius 2 is 1.79 bits per heavy atom. The molecule has 2 aromatic rings. The minimum atomic E-state index is -0.721. The molecule has 1 unspecified atom stereocenters. The van der Waals surface area contributed by atoms with Crippen LogP contribution in [0.2, 0.25) is 0 Å². The van der Waals surface area contributed by atoms with Crippen molar-refractivity contribution in [2.75, 3.05) is 5.32 Å². The Balaban J connectivity index is 2.12. The van der Waals surface area contributed by atoms with E-state index in [4.69, 9.17) is 5.73 Å². The molecule has 0 aliphatic carbocycles. The zero-order valence-electron chi connectivity index (χ0n) is 10.5. The number of rotatable bonds is 3. The third-order valence-electron chi connectivity index (χ3n) is 2.77. The first-order valence-corrected chi connectivity index (χ1v) is 5.92. The molecule has 4 N–H and O–H groups in total. The van der Waals surface area contributed by atoms with Crippen molar-refractivity contribution >= 4 is 28.4 Å². The third-order valence-corrected chi connectivity index (χ3v) is 2.77. The van der Waals surface area contributed by atoms with E-state index >= 15 is 0 Å². The van der Waals surface area contributed by atoms with Crippen molar-refractivity contribution < 1.29 is 9.59 Å². The molecule has 0 fully saturated rings. The smallest absolute Gasteiger partial charge is 0.312 e. The maximum Gasteiger partial charge on any atom is 0.312 e. The molecule has 0 aliphatic heterocycles. The summed E-state index contributed by atoms with van der Waals surface area (Å²) in [5.41, 5.74) is 5.65. The first-order chi connectivity index (χ1) is 9.06. The number of hydrogen-bond acceptors (Lipinski definition) is 2. The van der Waals surface area contributed by atoms with Gasteiger partial charge in [-0.1, -0.05) is 30.3 Å². The van der Waals surface area contributed by atoms with Crippen molar-refractivity contribution in [3.8, 4) is 0 Å². The fourth-order valence-corrected chi connectivity index (χ4v) is 1.80. The number of nitrogens with one attached hydrogen (secondary N) is 2. The molecule has 1 atom stereocenters. The van der Waals surface area contributed by atoms with Gasteiger partial charge in [-0.15, -0.1) is 0 Å². The number of carbonyl (C=O) groups excluding carboxylic acids is 2. The average Bonchev–Trinajstić information content (AvgIpc) is 2.37. The number of nitrogens with two attached hydrogens (primary N) is 1. The van der Waals surface area contributed by atoms with Gasteiger partial charge in [0.05, 0.1) is 0 Å². The highest BCUT2D eigenvalue weighted by Crippen LogP contribution is 2.18. The van der Waals surface area contributed by atoms with Crippen LogP contribution in [0.3, 0.4) is 0 Å². The topological polar surface area (TPSA) is 84.2 Å². The standard InChI is InChI=1S/C14H15N3O2/c1-9(16-14(15)19)13(18)17-12-7-6-10-4-2-3-5-11(10)8-12/h2-9H,1H3,(H,17,18)(H3,15,16,19). The monoisotopic (exact) mass is 257 g/mol. The summed E-state index contributed by atoms with van der Waals surface area (Å²) in [6, 6.07) is 12.1. The first-order valence-electron chi connectivity index (χ1n) is 5.92. The number of carbonyl (C=O) groups is 2. The van der Waals surface area contributed by atoms with Gasteiger partial charge in [0, 0.05) is 5.69 Å². The molecule has 5 nitrogen and oxygen atoms in total. The highest BCUT2D eigenvalue weighted by Gasteiger charge is 2.13. The maximum absolute atomic E-state index is 11.8. The third kappa shape index (κ3) is 3.22. The van der Waals surface area contributed by atoms with Gasteiger partial charge in [0.25, 0.3) is 0 Å². The summed E-state index contributed by atoms with van der Waals surface area (Å²) >= 11 is 0. The summed E-state index contributed by atoms with van der Waals surface area (Å²) < 4.78 is 0. The molecule has 0 saturated heterocycles. The second-order valence-corrected chi connectivity index (χ2v) is 4.28. The molecule has 0 saturated carbocycles. The Bertz CT molecular complexity index is 625. The lowest BCUT2D eigenvalue weighted by molar-refractivity contribution is -0.117. The van der Waals surface area contributed by atoms with Gasteiger partial charge in [-0.2, -0.15) is 0 Å². The zero-order valence-corrected chi connectivity index (χ0v) is 10.5. The van der Waals surface area contributed by atoms with Crippen molar-refractivity contribution in [1.82, 2.24) is 5.32 Å². The number of hydrogen-bond donors (Lipinski definition) is 3. The molecule has 0 radical (unpaired) electrons. The second kappa shape index (κ2) is 5.39. The van der Waals surface area contributed by atoms with Gasteiger partial charge >= 0.3 is 6.03 Å². The van der Waals surface area contributed by atoms with E-state index in [-0.39, 0.29) is 5.91 Å². The van der Waals surface area contributed by atoms with Crippen LogP contribution in [0, 0.1) is 0 Å². The van der Waals surface area contributed by atoms with Crippen LogP contribution in [0.1, 0.15) is 6.92 Å². The number of primary amides is 1. The van der Waals surface area contributed by atoms with Crippen LogP contribution < -0.4 is 16.4 Å². The van der Waals surface area contributed by atoms with Crippen LogP contribution in [-0.4, -0.2) is 18.0 Å². The molecule has 2 aromatic carbocycles. The van der Waals surface area contributed by atoms with Gasteiger partial charge in [0.2, 0.25) is 5.91 Å². The highest BCUT2D eigenvalue weighted by atomic mass is 16.2. The molecule has 2 rings (SSSR count). The van der Waals surface area contributed by atoms with Crippen LogP contribution in [0.4, 0.5) is 10.5 Å². The predicted molar refractivity (Wildman–Crippen MR) is 74.8 cm³/mol. The van der Waals surface area contributed by atoms with Crippen molar-refractivity contribution in [2.24, 2.45) is 5.73 Å². The van der Waals surface area contributed by atoms with Gasteiger partial charge in [-0.3, -0.25) is 4.79 Å². The minimum absolute atomic E-state index is 0.311. The Hall–Kier alpha value is -2.56. The number of anilines is 1. The van der Waals surface area contributed by atoms with E-state index in [1.165, 1.54) is 0 Å². The van der Waals surface area contributed by atoms with E-state index < -0.39 is 12.1 Å². The lowest BCUT2D eigenvalue weighted by Gasteiger charge is -2.12. The quantitative estimate of drug-likeness (QED) is 0.783. The van der Waals surface area contributed by atoms with Crippen LogP contribution in [0.15, 0.2) is 42.5 Å².